The Labute approximate surface area is 112 Å². The molecule has 5 heteroatoms. The lowest BCUT2D eigenvalue weighted by atomic mass is 9.98. The Kier molecular flexibility index (Phi) is 4.14. The molecule has 1 saturated carbocycles. The van der Waals surface area contributed by atoms with Crippen LogP contribution in [0, 0.1) is 11.8 Å². The van der Waals surface area contributed by atoms with Crippen molar-refractivity contribution < 1.29 is 14.7 Å². The minimum absolute atomic E-state index is 0.0547. The number of aromatic carboxylic acids is 1. The molecule has 2 unspecified atom stereocenters. The van der Waals surface area contributed by atoms with E-state index in [1.165, 1.54) is 31.2 Å². The number of carboxylic acid groups (broad SMARTS) is 1. The predicted molar refractivity (Wildman–Crippen MR) is 70.0 cm³/mol. The first-order chi connectivity index (χ1) is 9.08. The summed E-state index contributed by atoms with van der Waals surface area (Å²) in [7, 11) is 0. The zero-order chi connectivity index (χ0) is 13.8. The van der Waals surface area contributed by atoms with Crippen molar-refractivity contribution in [3.05, 3.63) is 29.6 Å². The van der Waals surface area contributed by atoms with Gasteiger partial charge in [-0.1, -0.05) is 19.8 Å². The van der Waals surface area contributed by atoms with E-state index < -0.39 is 5.97 Å². The average Bonchev–Trinajstić information content (AvgIpc) is 2.81. The third-order valence-electron chi connectivity index (χ3n) is 3.81. The number of hydrogen-bond donors (Lipinski definition) is 2. The molecular weight excluding hydrogens is 244 g/mol. The second kappa shape index (κ2) is 5.82. The van der Waals surface area contributed by atoms with Crippen molar-refractivity contribution >= 4 is 11.9 Å². The minimum atomic E-state index is -1.09. The molecule has 19 heavy (non-hydrogen) atoms. The summed E-state index contributed by atoms with van der Waals surface area (Å²) in [6.07, 6.45) is 4.93. The molecule has 2 atom stereocenters. The van der Waals surface area contributed by atoms with Crippen molar-refractivity contribution in [1.82, 2.24) is 10.3 Å². The van der Waals surface area contributed by atoms with Gasteiger partial charge in [0.1, 0.15) is 5.69 Å². The number of nitrogens with one attached hydrogen (secondary N) is 1. The molecule has 1 aliphatic carbocycles. The van der Waals surface area contributed by atoms with E-state index in [0.29, 0.717) is 23.9 Å². The van der Waals surface area contributed by atoms with Crippen LogP contribution in [-0.4, -0.2) is 28.5 Å². The number of pyridine rings is 1. The van der Waals surface area contributed by atoms with Crippen LogP contribution in [0.3, 0.4) is 0 Å². The Morgan fingerprint density at radius 1 is 1.42 bits per heavy atom. The van der Waals surface area contributed by atoms with Gasteiger partial charge in [0.05, 0.1) is 5.56 Å². The van der Waals surface area contributed by atoms with Crippen molar-refractivity contribution in [1.29, 1.82) is 0 Å². The SMILES string of the molecule is CC1CCCC1CNC(=O)c1ccc(C(=O)O)nc1. The van der Waals surface area contributed by atoms with Crippen molar-refractivity contribution in [3.8, 4) is 0 Å². The molecule has 1 amide bonds. The smallest absolute Gasteiger partial charge is 0.354 e. The van der Waals surface area contributed by atoms with Gasteiger partial charge in [-0.3, -0.25) is 4.79 Å². The molecule has 0 saturated heterocycles. The van der Waals surface area contributed by atoms with Crippen LogP contribution in [0.1, 0.15) is 47.0 Å². The molecule has 2 N–H and O–H groups in total. The van der Waals surface area contributed by atoms with Crippen LogP contribution in [0.5, 0.6) is 0 Å². The van der Waals surface area contributed by atoms with E-state index >= 15 is 0 Å². The highest BCUT2D eigenvalue weighted by Crippen LogP contribution is 2.30. The summed E-state index contributed by atoms with van der Waals surface area (Å²) in [5, 5.41) is 11.6. The van der Waals surface area contributed by atoms with Crippen LogP contribution >= 0.6 is 0 Å². The number of aromatic nitrogens is 1. The number of amides is 1. The largest absolute Gasteiger partial charge is 0.477 e. The third-order valence-corrected chi connectivity index (χ3v) is 3.81. The first-order valence-corrected chi connectivity index (χ1v) is 6.55. The zero-order valence-electron chi connectivity index (χ0n) is 10.9. The maximum absolute atomic E-state index is 11.9. The van der Waals surface area contributed by atoms with Crippen LogP contribution < -0.4 is 5.32 Å². The summed E-state index contributed by atoms with van der Waals surface area (Å²) >= 11 is 0. The molecule has 0 bridgehead atoms. The number of carbonyl (C=O) groups excluding carboxylic acids is 1. The fourth-order valence-corrected chi connectivity index (χ4v) is 2.51. The van der Waals surface area contributed by atoms with Crippen LogP contribution in [0.4, 0.5) is 0 Å². The molecule has 1 aromatic rings. The van der Waals surface area contributed by atoms with E-state index in [1.807, 2.05) is 0 Å². The summed E-state index contributed by atoms with van der Waals surface area (Å²) < 4.78 is 0. The summed E-state index contributed by atoms with van der Waals surface area (Å²) in [6.45, 7) is 2.90. The van der Waals surface area contributed by atoms with Crippen LogP contribution in [0.15, 0.2) is 18.3 Å². The average molecular weight is 262 g/mol. The fourth-order valence-electron chi connectivity index (χ4n) is 2.51. The molecule has 2 rings (SSSR count). The van der Waals surface area contributed by atoms with E-state index in [0.717, 1.165) is 6.42 Å². The van der Waals surface area contributed by atoms with Crippen molar-refractivity contribution in [3.63, 3.8) is 0 Å². The number of carboxylic acids is 1. The number of rotatable bonds is 4. The normalized spacial score (nSPS) is 22.2. The van der Waals surface area contributed by atoms with Crippen molar-refractivity contribution in [2.75, 3.05) is 6.54 Å². The summed E-state index contributed by atoms with van der Waals surface area (Å²) in [4.78, 5) is 26.3. The summed E-state index contributed by atoms with van der Waals surface area (Å²) in [5.41, 5.74) is 0.344. The van der Waals surface area contributed by atoms with Gasteiger partial charge in [-0.25, -0.2) is 9.78 Å². The molecule has 5 nitrogen and oxygen atoms in total. The van der Waals surface area contributed by atoms with E-state index in [2.05, 4.69) is 17.2 Å². The van der Waals surface area contributed by atoms with E-state index in [-0.39, 0.29) is 11.6 Å². The van der Waals surface area contributed by atoms with Gasteiger partial charge in [0.15, 0.2) is 0 Å². The standard InChI is InChI=1S/C14H18N2O3/c1-9-3-2-4-10(9)7-16-13(17)11-5-6-12(14(18)19)15-8-11/h5-6,8-10H,2-4,7H2,1H3,(H,16,17)(H,18,19). The Balaban J connectivity index is 1.90. The van der Waals surface area contributed by atoms with Gasteiger partial charge < -0.3 is 10.4 Å². The Morgan fingerprint density at radius 3 is 2.74 bits per heavy atom. The molecule has 1 aliphatic rings. The molecule has 0 aliphatic heterocycles. The topological polar surface area (TPSA) is 79.3 Å². The van der Waals surface area contributed by atoms with Gasteiger partial charge >= 0.3 is 5.97 Å². The molecule has 1 aromatic heterocycles. The fraction of sp³-hybridized carbons (Fsp3) is 0.500. The van der Waals surface area contributed by atoms with E-state index in [9.17, 15) is 9.59 Å². The quantitative estimate of drug-likeness (QED) is 0.869. The summed E-state index contributed by atoms with van der Waals surface area (Å²) in [6, 6.07) is 2.83. The second-order valence-electron chi connectivity index (χ2n) is 5.12. The van der Waals surface area contributed by atoms with Gasteiger partial charge in [0, 0.05) is 12.7 Å². The van der Waals surface area contributed by atoms with Gasteiger partial charge in [0.2, 0.25) is 0 Å². The third kappa shape index (κ3) is 3.30. The molecule has 0 aromatic carbocycles. The maximum atomic E-state index is 11.9. The predicted octanol–water partition coefficient (Wildman–Crippen LogP) is 1.95. The van der Waals surface area contributed by atoms with Crippen LogP contribution in [0.2, 0.25) is 0 Å². The van der Waals surface area contributed by atoms with Gasteiger partial charge in [0.25, 0.3) is 5.91 Å². The number of carbonyl (C=O) groups is 2. The van der Waals surface area contributed by atoms with Crippen LogP contribution in [-0.2, 0) is 0 Å². The number of hydrogen-bond acceptors (Lipinski definition) is 3. The zero-order valence-corrected chi connectivity index (χ0v) is 10.9. The Morgan fingerprint density at radius 2 is 2.21 bits per heavy atom. The summed E-state index contributed by atoms with van der Waals surface area (Å²) in [5.74, 6) is -0.0710. The Bertz CT molecular complexity index is 470. The van der Waals surface area contributed by atoms with Gasteiger partial charge in [-0.05, 0) is 30.4 Å². The highest BCUT2D eigenvalue weighted by molar-refractivity contribution is 5.94. The monoisotopic (exact) mass is 262 g/mol. The minimum Gasteiger partial charge on any atom is -0.477 e. The molecule has 1 heterocycles. The lowest BCUT2D eigenvalue weighted by molar-refractivity contribution is 0.0689. The molecule has 102 valence electrons. The lowest BCUT2D eigenvalue weighted by Gasteiger charge is -2.15. The van der Waals surface area contributed by atoms with Gasteiger partial charge in [-0.15, -0.1) is 0 Å². The highest BCUT2D eigenvalue weighted by Gasteiger charge is 2.23. The van der Waals surface area contributed by atoms with Gasteiger partial charge in [-0.2, -0.15) is 0 Å². The maximum Gasteiger partial charge on any atom is 0.354 e. The first kappa shape index (κ1) is 13.5. The molecule has 1 fully saturated rings. The second-order valence-corrected chi connectivity index (χ2v) is 5.12. The first-order valence-electron chi connectivity index (χ1n) is 6.55. The van der Waals surface area contributed by atoms with Crippen LogP contribution in [0.25, 0.3) is 0 Å². The van der Waals surface area contributed by atoms with Crippen molar-refractivity contribution in [2.24, 2.45) is 11.8 Å². The molecule has 0 radical (unpaired) electrons. The Hall–Kier alpha value is -1.91. The van der Waals surface area contributed by atoms with Crippen molar-refractivity contribution in [2.45, 2.75) is 26.2 Å². The number of nitrogens with zero attached hydrogens (tertiary/aromatic N) is 1. The molecular formula is C14H18N2O3. The van der Waals surface area contributed by atoms with E-state index in [4.69, 9.17) is 5.11 Å². The van der Waals surface area contributed by atoms with E-state index in [1.54, 1.807) is 0 Å². The highest BCUT2D eigenvalue weighted by atomic mass is 16.4. The lowest BCUT2D eigenvalue weighted by Crippen LogP contribution is -2.30. The molecule has 0 spiro atoms.